The van der Waals surface area contributed by atoms with Gasteiger partial charge in [0.05, 0.1) is 26.4 Å². The summed E-state index contributed by atoms with van der Waals surface area (Å²) in [4.78, 5) is 10.6. The highest BCUT2D eigenvalue weighted by atomic mass is 16.5. The van der Waals surface area contributed by atoms with Gasteiger partial charge in [0, 0.05) is 5.56 Å². The van der Waals surface area contributed by atoms with Crippen LogP contribution >= 0.6 is 0 Å². The van der Waals surface area contributed by atoms with E-state index in [1.165, 1.54) is 14.2 Å². The lowest BCUT2D eigenvalue weighted by Crippen LogP contribution is -2.08. The third-order valence-electron chi connectivity index (χ3n) is 2.16. The number of carboxylic acid groups (broad SMARTS) is 1. The normalized spacial score (nSPS) is 11.1. The molecule has 0 radical (unpaired) electrons. The van der Waals surface area contributed by atoms with Gasteiger partial charge in [0.2, 0.25) is 0 Å². The van der Waals surface area contributed by atoms with Crippen LogP contribution in [0.4, 0.5) is 0 Å². The van der Waals surface area contributed by atoms with Crippen molar-refractivity contribution in [2.75, 3.05) is 14.2 Å². The van der Waals surface area contributed by atoms with Crippen molar-refractivity contribution in [3.05, 3.63) is 23.8 Å². The van der Waals surface area contributed by atoms with Crippen LogP contribution in [0.15, 0.2) is 23.4 Å². The highest BCUT2D eigenvalue weighted by Crippen LogP contribution is 2.28. The van der Waals surface area contributed by atoms with E-state index in [0.717, 1.165) is 0 Å². The molecule has 92 valence electrons. The summed E-state index contributed by atoms with van der Waals surface area (Å²) >= 11 is 0. The van der Waals surface area contributed by atoms with Gasteiger partial charge in [-0.25, -0.2) is 0 Å². The highest BCUT2D eigenvalue weighted by molar-refractivity contribution is 6.08. The van der Waals surface area contributed by atoms with Crippen LogP contribution < -0.4 is 9.47 Å². The summed E-state index contributed by atoms with van der Waals surface area (Å²) in [7, 11) is 2.96. The fraction of sp³-hybridized carbons (Fsp3) is 0.273. The number of ether oxygens (including phenoxy) is 2. The lowest BCUT2D eigenvalue weighted by molar-refractivity contribution is -0.135. The number of hydrogen-bond donors (Lipinski definition) is 2. The first kappa shape index (κ1) is 12.8. The Morgan fingerprint density at radius 3 is 2.41 bits per heavy atom. The first-order chi connectivity index (χ1) is 8.12. The van der Waals surface area contributed by atoms with E-state index in [0.29, 0.717) is 17.1 Å². The molecule has 6 nitrogen and oxygen atoms in total. The van der Waals surface area contributed by atoms with Crippen LogP contribution in [0.25, 0.3) is 0 Å². The third-order valence-corrected chi connectivity index (χ3v) is 2.16. The Balaban J connectivity index is 3.09. The van der Waals surface area contributed by atoms with Gasteiger partial charge in [-0.2, -0.15) is 0 Å². The largest absolute Gasteiger partial charge is 0.493 e. The average Bonchev–Trinajstić information content (AvgIpc) is 2.34. The van der Waals surface area contributed by atoms with Crippen molar-refractivity contribution in [1.29, 1.82) is 0 Å². The average molecular weight is 239 g/mol. The number of aliphatic carboxylic acids is 1. The van der Waals surface area contributed by atoms with Crippen LogP contribution in [0.2, 0.25) is 0 Å². The second kappa shape index (κ2) is 5.74. The van der Waals surface area contributed by atoms with Crippen LogP contribution in [-0.4, -0.2) is 36.2 Å². The number of nitrogens with zero attached hydrogens (tertiary/aromatic N) is 1. The summed E-state index contributed by atoms with van der Waals surface area (Å²) in [6.45, 7) is 0. The van der Waals surface area contributed by atoms with E-state index >= 15 is 0 Å². The predicted molar refractivity (Wildman–Crippen MR) is 60.1 cm³/mol. The van der Waals surface area contributed by atoms with Gasteiger partial charge < -0.3 is 19.8 Å². The Labute approximate surface area is 98.1 Å². The van der Waals surface area contributed by atoms with Gasteiger partial charge in [0.15, 0.2) is 11.5 Å². The van der Waals surface area contributed by atoms with E-state index < -0.39 is 5.97 Å². The molecule has 0 saturated carbocycles. The van der Waals surface area contributed by atoms with Crippen molar-refractivity contribution in [2.45, 2.75) is 6.42 Å². The van der Waals surface area contributed by atoms with Crippen LogP contribution in [0, 0.1) is 0 Å². The van der Waals surface area contributed by atoms with Gasteiger partial charge in [-0.05, 0) is 18.2 Å². The Morgan fingerprint density at radius 2 is 1.94 bits per heavy atom. The quantitative estimate of drug-likeness (QED) is 0.460. The minimum atomic E-state index is -1.08. The van der Waals surface area contributed by atoms with Crippen LogP contribution in [0.5, 0.6) is 11.5 Å². The number of rotatable bonds is 5. The summed E-state index contributed by atoms with van der Waals surface area (Å²) in [6, 6.07) is 4.76. The van der Waals surface area contributed by atoms with E-state index in [1.807, 2.05) is 0 Å². The van der Waals surface area contributed by atoms with Gasteiger partial charge >= 0.3 is 5.97 Å². The second-order valence-corrected chi connectivity index (χ2v) is 3.19. The van der Waals surface area contributed by atoms with Crippen LogP contribution in [-0.2, 0) is 4.79 Å². The molecule has 0 heterocycles. The standard InChI is InChI=1S/C11H13NO5/c1-16-9-4-3-7(5-10(9)17-2)8(12-15)6-11(13)14/h3-5,15H,6H2,1-2H3,(H,13,14)/b12-8-. The Bertz CT molecular complexity index is 441. The molecule has 0 aliphatic carbocycles. The lowest BCUT2D eigenvalue weighted by atomic mass is 10.1. The highest BCUT2D eigenvalue weighted by Gasteiger charge is 2.12. The number of methoxy groups -OCH3 is 2. The molecule has 6 heteroatoms. The van der Waals surface area contributed by atoms with Gasteiger partial charge in [-0.15, -0.1) is 0 Å². The molecule has 1 aromatic carbocycles. The van der Waals surface area contributed by atoms with Crippen LogP contribution in [0.1, 0.15) is 12.0 Å². The van der Waals surface area contributed by atoms with Crippen LogP contribution in [0.3, 0.4) is 0 Å². The maximum atomic E-state index is 10.6. The Hall–Kier alpha value is -2.24. The SMILES string of the molecule is COc1ccc(/C(CC(=O)O)=N\O)cc1OC. The van der Waals surface area contributed by atoms with Gasteiger partial charge in [-0.3, -0.25) is 4.79 Å². The molecule has 17 heavy (non-hydrogen) atoms. The summed E-state index contributed by atoms with van der Waals surface area (Å²) in [5.41, 5.74) is 0.519. The predicted octanol–water partition coefficient (Wildman–Crippen LogP) is 1.36. The number of carboxylic acids is 1. The Morgan fingerprint density at radius 1 is 1.29 bits per heavy atom. The molecule has 0 atom stereocenters. The second-order valence-electron chi connectivity index (χ2n) is 3.19. The maximum absolute atomic E-state index is 10.6. The molecule has 0 aromatic heterocycles. The minimum absolute atomic E-state index is 0.0541. The fourth-order valence-corrected chi connectivity index (χ4v) is 1.35. The molecule has 0 bridgehead atoms. The summed E-state index contributed by atoms with van der Waals surface area (Å²) in [5.74, 6) is -0.118. The number of benzene rings is 1. The van der Waals surface area contributed by atoms with Crippen molar-refractivity contribution in [1.82, 2.24) is 0 Å². The zero-order chi connectivity index (χ0) is 12.8. The van der Waals surface area contributed by atoms with Gasteiger partial charge in [0.25, 0.3) is 0 Å². The molecule has 1 aromatic rings. The van der Waals surface area contributed by atoms with Gasteiger partial charge in [-0.1, -0.05) is 5.16 Å². The minimum Gasteiger partial charge on any atom is -0.493 e. The molecule has 0 unspecified atom stereocenters. The van der Waals surface area contributed by atoms with Gasteiger partial charge in [0.1, 0.15) is 0 Å². The van der Waals surface area contributed by atoms with Crippen molar-refractivity contribution < 1.29 is 24.6 Å². The molecule has 1 rings (SSSR count). The van der Waals surface area contributed by atoms with E-state index in [2.05, 4.69) is 5.16 Å². The topological polar surface area (TPSA) is 88.4 Å². The molecule has 0 spiro atoms. The smallest absolute Gasteiger partial charge is 0.309 e. The molecule has 0 aliphatic heterocycles. The molecular formula is C11H13NO5. The molecule has 2 N–H and O–H groups in total. The van der Waals surface area contributed by atoms with Crippen molar-refractivity contribution in [3.63, 3.8) is 0 Å². The number of oxime groups is 1. The summed E-state index contributed by atoms with van der Waals surface area (Å²) < 4.78 is 10.1. The molecule has 0 aliphatic rings. The van der Waals surface area contributed by atoms with Crippen molar-refractivity contribution in [2.24, 2.45) is 5.16 Å². The first-order valence-electron chi connectivity index (χ1n) is 4.77. The maximum Gasteiger partial charge on any atom is 0.309 e. The molecule has 0 fully saturated rings. The number of carbonyl (C=O) groups is 1. The zero-order valence-corrected chi connectivity index (χ0v) is 9.51. The fourth-order valence-electron chi connectivity index (χ4n) is 1.35. The summed E-state index contributed by atoms with van der Waals surface area (Å²) in [6.07, 6.45) is -0.369. The van der Waals surface area contributed by atoms with E-state index in [-0.39, 0.29) is 12.1 Å². The molecular weight excluding hydrogens is 226 g/mol. The first-order valence-corrected chi connectivity index (χ1v) is 4.77. The monoisotopic (exact) mass is 239 g/mol. The number of hydrogen-bond acceptors (Lipinski definition) is 5. The zero-order valence-electron chi connectivity index (χ0n) is 9.51. The lowest BCUT2D eigenvalue weighted by Gasteiger charge is -2.09. The van der Waals surface area contributed by atoms with E-state index in [9.17, 15) is 4.79 Å². The molecule has 0 saturated heterocycles. The van der Waals surface area contributed by atoms with Crippen molar-refractivity contribution >= 4 is 11.7 Å². The molecule has 0 amide bonds. The Kier molecular flexibility index (Phi) is 4.33. The van der Waals surface area contributed by atoms with E-state index in [4.69, 9.17) is 19.8 Å². The summed E-state index contributed by atoms with van der Waals surface area (Å²) in [5, 5.41) is 20.4. The van der Waals surface area contributed by atoms with E-state index in [1.54, 1.807) is 18.2 Å². The third kappa shape index (κ3) is 3.10. The van der Waals surface area contributed by atoms with Crippen molar-refractivity contribution in [3.8, 4) is 11.5 Å².